The zero-order valence-electron chi connectivity index (χ0n) is 11.3. The lowest BCUT2D eigenvalue weighted by molar-refractivity contribution is 0.351. The van der Waals surface area contributed by atoms with Crippen LogP contribution in [-0.2, 0) is 0 Å². The summed E-state index contributed by atoms with van der Waals surface area (Å²) in [6.07, 6.45) is 7.20. The van der Waals surface area contributed by atoms with E-state index < -0.39 is 8.07 Å². The van der Waals surface area contributed by atoms with Crippen molar-refractivity contribution in [3.8, 4) is 0 Å². The van der Waals surface area contributed by atoms with Crippen LogP contribution in [0.5, 0.6) is 0 Å². The lowest BCUT2D eigenvalue weighted by Gasteiger charge is -2.29. The van der Waals surface area contributed by atoms with Crippen LogP contribution in [0.2, 0.25) is 25.7 Å². The summed E-state index contributed by atoms with van der Waals surface area (Å²) in [6.45, 7) is 8.28. The zero-order chi connectivity index (χ0) is 12.0. The Hall–Kier alpha value is 0.527. The average molecular weight is 260 g/mol. The topological polar surface area (TPSA) is 26.0 Å². The number of rotatable bonds is 6. The van der Waals surface area contributed by atoms with E-state index in [1.165, 1.54) is 43.9 Å². The molecule has 0 spiro atoms. The molecular formula is C13H29NSSi. The molecule has 0 aliphatic heterocycles. The van der Waals surface area contributed by atoms with Crippen molar-refractivity contribution in [3.63, 3.8) is 0 Å². The van der Waals surface area contributed by atoms with Gasteiger partial charge in [-0.2, -0.15) is 11.8 Å². The van der Waals surface area contributed by atoms with Gasteiger partial charge in [0.1, 0.15) is 0 Å². The second kappa shape index (κ2) is 7.07. The molecule has 1 rings (SSSR count). The largest absolute Gasteiger partial charge is 0.329 e. The summed E-state index contributed by atoms with van der Waals surface area (Å²) in [5.74, 6) is 2.26. The molecule has 16 heavy (non-hydrogen) atoms. The maximum absolute atomic E-state index is 5.94. The van der Waals surface area contributed by atoms with Gasteiger partial charge in [0.05, 0.1) is 0 Å². The smallest absolute Gasteiger partial charge is 0.0450 e. The Labute approximate surface area is 107 Å². The van der Waals surface area contributed by atoms with Gasteiger partial charge in [-0.3, -0.25) is 0 Å². The summed E-state index contributed by atoms with van der Waals surface area (Å²) >= 11 is 2.16. The molecular weight excluding hydrogens is 230 g/mol. The van der Waals surface area contributed by atoms with Gasteiger partial charge in [-0.15, -0.1) is 0 Å². The molecule has 1 aliphatic carbocycles. The minimum absolute atomic E-state index is 0.747. The van der Waals surface area contributed by atoms with Crippen molar-refractivity contribution in [2.24, 2.45) is 11.7 Å². The van der Waals surface area contributed by atoms with Crippen LogP contribution in [0.3, 0.4) is 0 Å². The van der Waals surface area contributed by atoms with Crippen molar-refractivity contribution in [2.45, 2.75) is 63.0 Å². The fraction of sp³-hybridized carbons (Fsp3) is 1.00. The minimum Gasteiger partial charge on any atom is -0.329 e. The molecule has 0 saturated heterocycles. The number of hydrogen-bond donors (Lipinski definition) is 1. The maximum Gasteiger partial charge on any atom is 0.0450 e. The SMILES string of the molecule is C[Si](C)(C)CCSC(CN)C1CCCCC1. The van der Waals surface area contributed by atoms with Crippen molar-refractivity contribution >= 4 is 19.8 Å². The third kappa shape index (κ3) is 5.74. The van der Waals surface area contributed by atoms with Gasteiger partial charge >= 0.3 is 0 Å². The molecule has 1 fully saturated rings. The van der Waals surface area contributed by atoms with Crippen molar-refractivity contribution < 1.29 is 0 Å². The molecule has 0 aromatic heterocycles. The van der Waals surface area contributed by atoms with E-state index in [9.17, 15) is 0 Å². The molecule has 96 valence electrons. The fourth-order valence-corrected chi connectivity index (χ4v) is 6.32. The normalized spacial score (nSPS) is 21.0. The van der Waals surface area contributed by atoms with Crippen LogP contribution >= 0.6 is 11.8 Å². The van der Waals surface area contributed by atoms with Crippen LogP contribution in [0.15, 0.2) is 0 Å². The Morgan fingerprint density at radius 3 is 2.31 bits per heavy atom. The number of hydrogen-bond acceptors (Lipinski definition) is 2. The second-order valence-electron chi connectivity index (χ2n) is 6.35. The predicted octanol–water partition coefficient (Wildman–Crippen LogP) is 3.97. The minimum atomic E-state index is -0.848. The van der Waals surface area contributed by atoms with E-state index in [1.807, 2.05) is 0 Å². The van der Waals surface area contributed by atoms with Gasteiger partial charge in [-0.1, -0.05) is 38.9 Å². The van der Waals surface area contributed by atoms with Gasteiger partial charge in [0.2, 0.25) is 0 Å². The van der Waals surface area contributed by atoms with Crippen LogP contribution in [0.4, 0.5) is 0 Å². The quantitative estimate of drug-likeness (QED) is 0.731. The molecule has 3 heteroatoms. The van der Waals surface area contributed by atoms with E-state index in [2.05, 4.69) is 31.4 Å². The lowest BCUT2D eigenvalue weighted by Crippen LogP contribution is -2.29. The summed E-state index contributed by atoms with van der Waals surface area (Å²) in [7, 11) is -0.848. The highest BCUT2D eigenvalue weighted by Gasteiger charge is 2.23. The van der Waals surface area contributed by atoms with Crippen molar-refractivity contribution in [1.29, 1.82) is 0 Å². The van der Waals surface area contributed by atoms with Gasteiger partial charge in [0.25, 0.3) is 0 Å². The molecule has 1 saturated carbocycles. The van der Waals surface area contributed by atoms with E-state index in [1.54, 1.807) is 0 Å². The van der Waals surface area contributed by atoms with E-state index in [0.717, 1.165) is 17.7 Å². The molecule has 0 aromatic carbocycles. The first-order valence-electron chi connectivity index (χ1n) is 6.84. The van der Waals surface area contributed by atoms with Crippen LogP contribution in [0, 0.1) is 5.92 Å². The van der Waals surface area contributed by atoms with Crippen molar-refractivity contribution in [1.82, 2.24) is 0 Å². The fourth-order valence-electron chi connectivity index (χ4n) is 2.42. The second-order valence-corrected chi connectivity index (χ2v) is 13.3. The molecule has 0 radical (unpaired) electrons. The molecule has 0 bridgehead atoms. The van der Waals surface area contributed by atoms with Crippen LogP contribution < -0.4 is 5.73 Å². The number of thioether (sulfide) groups is 1. The van der Waals surface area contributed by atoms with E-state index in [4.69, 9.17) is 5.73 Å². The lowest BCUT2D eigenvalue weighted by atomic mass is 9.87. The summed E-state index contributed by atoms with van der Waals surface area (Å²) in [5, 5.41) is 0.747. The highest BCUT2D eigenvalue weighted by Crippen LogP contribution is 2.33. The Morgan fingerprint density at radius 1 is 1.19 bits per heavy atom. The molecule has 1 aliphatic rings. The monoisotopic (exact) mass is 259 g/mol. The van der Waals surface area contributed by atoms with E-state index in [-0.39, 0.29) is 0 Å². The Balaban J connectivity index is 2.25. The first kappa shape index (κ1) is 14.6. The Morgan fingerprint density at radius 2 is 1.81 bits per heavy atom. The predicted molar refractivity (Wildman–Crippen MR) is 80.0 cm³/mol. The highest BCUT2D eigenvalue weighted by atomic mass is 32.2. The van der Waals surface area contributed by atoms with Crippen LogP contribution in [0.25, 0.3) is 0 Å². The average Bonchev–Trinajstić information content (AvgIpc) is 2.24. The van der Waals surface area contributed by atoms with Crippen LogP contribution in [-0.4, -0.2) is 25.6 Å². The Bertz CT molecular complexity index is 185. The molecule has 2 N–H and O–H groups in total. The standard InChI is InChI=1S/C13H29NSSi/c1-16(2,3)10-9-15-13(11-14)12-7-5-4-6-8-12/h12-13H,4-11,14H2,1-3H3. The van der Waals surface area contributed by atoms with Gasteiger partial charge in [-0.05, 0) is 30.6 Å². The van der Waals surface area contributed by atoms with Crippen molar-refractivity contribution in [2.75, 3.05) is 12.3 Å². The van der Waals surface area contributed by atoms with E-state index in [0.29, 0.717) is 0 Å². The first-order chi connectivity index (χ1) is 7.53. The number of nitrogens with two attached hydrogens (primary N) is 1. The summed E-state index contributed by atoms with van der Waals surface area (Å²) < 4.78 is 0. The summed E-state index contributed by atoms with van der Waals surface area (Å²) in [5.41, 5.74) is 5.94. The molecule has 1 atom stereocenters. The van der Waals surface area contributed by atoms with Crippen LogP contribution in [0.1, 0.15) is 32.1 Å². The zero-order valence-corrected chi connectivity index (χ0v) is 13.1. The third-order valence-electron chi connectivity index (χ3n) is 3.59. The first-order valence-corrected chi connectivity index (χ1v) is 11.6. The molecule has 0 aromatic rings. The highest BCUT2D eigenvalue weighted by molar-refractivity contribution is 8.00. The van der Waals surface area contributed by atoms with Crippen molar-refractivity contribution in [3.05, 3.63) is 0 Å². The summed E-state index contributed by atoms with van der Waals surface area (Å²) in [4.78, 5) is 0. The molecule has 1 nitrogen and oxygen atoms in total. The molecule has 0 heterocycles. The van der Waals surface area contributed by atoms with Gasteiger partial charge in [-0.25, -0.2) is 0 Å². The molecule has 0 amide bonds. The Kier molecular flexibility index (Phi) is 6.45. The van der Waals surface area contributed by atoms with Gasteiger partial charge in [0, 0.05) is 19.9 Å². The third-order valence-corrected chi connectivity index (χ3v) is 7.15. The maximum atomic E-state index is 5.94. The van der Waals surface area contributed by atoms with E-state index >= 15 is 0 Å². The summed E-state index contributed by atoms with van der Waals surface area (Å²) in [6, 6.07) is 1.45. The molecule has 1 unspecified atom stereocenters. The van der Waals surface area contributed by atoms with Gasteiger partial charge in [0.15, 0.2) is 0 Å². The van der Waals surface area contributed by atoms with Gasteiger partial charge < -0.3 is 5.73 Å².